The van der Waals surface area contributed by atoms with E-state index >= 15 is 0 Å². The molecule has 2 unspecified atom stereocenters. The second-order valence-corrected chi connectivity index (χ2v) is 17.0. The molecule has 278 valence electrons. The maximum absolute atomic E-state index is 4.61. The second-order valence-electron chi connectivity index (χ2n) is 17.0. The normalized spacial score (nSPS) is 16.2. The number of nitrogens with one attached hydrogen (secondary N) is 1. The SMILES string of the molecule is Cc1cc(C)cc(C2=Cc3c(n(-c4cccnc4)c4cc5c(cc34)C(C)C(C)c3cc4c6cc(-c7cc(C)cc(C)c7)ccc6n(-c6cc[nH]c6)c4cc3-5)CC2)c1. The third-order valence-corrected chi connectivity index (χ3v) is 13.1. The quantitative estimate of drug-likeness (QED) is 0.192. The Morgan fingerprint density at radius 2 is 1.23 bits per heavy atom. The molecule has 5 aromatic carbocycles. The number of hydrogen-bond donors (Lipinski definition) is 1. The molecule has 9 aromatic rings. The third kappa shape index (κ3) is 5.23. The van der Waals surface area contributed by atoms with E-state index in [1.807, 2.05) is 18.6 Å². The van der Waals surface area contributed by atoms with Crippen LogP contribution >= 0.6 is 0 Å². The highest BCUT2D eigenvalue weighted by molar-refractivity contribution is 6.12. The summed E-state index contributed by atoms with van der Waals surface area (Å²) in [5, 5.41) is 3.92. The molecule has 11 rings (SSSR count). The maximum atomic E-state index is 4.61. The van der Waals surface area contributed by atoms with Crippen molar-refractivity contribution in [3.05, 3.63) is 172 Å². The molecular weight excluding hydrogens is 693 g/mol. The summed E-state index contributed by atoms with van der Waals surface area (Å²) >= 11 is 0. The van der Waals surface area contributed by atoms with Crippen molar-refractivity contribution in [3.63, 3.8) is 0 Å². The van der Waals surface area contributed by atoms with Crippen molar-refractivity contribution in [3.8, 4) is 33.6 Å². The standard InChI is InChI=1S/C53H46N4/c1-30-16-31(2)19-38(18-30)36-9-11-50-46(22-36)48-24-42-34(5)35(6)43-25-49-47-23-37(39-20-32(3)17-33(4)21-39)10-12-51(47)57(41-13-15-55-29-41)53(49)27-45(43)44(42)26-52(48)56(50)40-8-7-14-54-28-40/h7-8,10,12-29,34-35,55H,9,11H2,1-6H3. The van der Waals surface area contributed by atoms with Gasteiger partial charge in [0.2, 0.25) is 0 Å². The van der Waals surface area contributed by atoms with Crippen LogP contribution < -0.4 is 0 Å². The lowest BCUT2D eigenvalue weighted by atomic mass is 9.72. The number of fused-ring (bicyclic) bond motifs is 9. The monoisotopic (exact) mass is 738 g/mol. The molecule has 0 spiro atoms. The minimum atomic E-state index is 0.347. The van der Waals surface area contributed by atoms with E-state index in [0.29, 0.717) is 11.8 Å². The Labute approximate surface area is 334 Å². The predicted molar refractivity (Wildman–Crippen MR) is 239 cm³/mol. The van der Waals surface area contributed by atoms with Gasteiger partial charge in [-0.15, -0.1) is 0 Å². The van der Waals surface area contributed by atoms with E-state index in [0.717, 1.165) is 24.2 Å². The Morgan fingerprint density at radius 1 is 0.579 bits per heavy atom. The molecular formula is C53H46N4. The van der Waals surface area contributed by atoms with Gasteiger partial charge in [-0.2, -0.15) is 0 Å². The van der Waals surface area contributed by atoms with Crippen molar-refractivity contribution >= 4 is 44.4 Å². The lowest BCUT2D eigenvalue weighted by molar-refractivity contribution is 0.617. The van der Waals surface area contributed by atoms with Crippen molar-refractivity contribution in [2.75, 3.05) is 0 Å². The van der Waals surface area contributed by atoms with Gasteiger partial charge in [-0.3, -0.25) is 4.98 Å². The highest BCUT2D eigenvalue weighted by atomic mass is 15.0. The zero-order valence-electron chi connectivity index (χ0n) is 33.5. The van der Waals surface area contributed by atoms with Crippen molar-refractivity contribution in [1.82, 2.24) is 19.1 Å². The summed E-state index contributed by atoms with van der Waals surface area (Å²) in [7, 11) is 0. The number of rotatable bonds is 4. The lowest BCUT2D eigenvalue weighted by Crippen LogP contribution is -2.13. The van der Waals surface area contributed by atoms with E-state index in [9.17, 15) is 0 Å². The van der Waals surface area contributed by atoms with Crippen LogP contribution in [0.15, 0.2) is 122 Å². The number of H-pyrrole nitrogens is 1. The molecule has 4 heteroatoms. The van der Waals surface area contributed by atoms with Gasteiger partial charge in [0, 0.05) is 46.0 Å². The van der Waals surface area contributed by atoms with Crippen molar-refractivity contribution in [2.24, 2.45) is 0 Å². The predicted octanol–water partition coefficient (Wildman–Crippen LogP) is 13.7. The number of benzene rings is 5. The van der Waals surface area contributed by atoms with Crippen LogP contribution in [0.25, 0.3) is 78.0 Å². The highest BCUT2D eigenvalue weighted by Crippen LogP contribution is 2.52. The average molecular weight is 739 g/mol. The lowest BCUT2D eigenvalue weighted by Gasteiger charge is -2.32. The van der Waals surface area contributed by atoms with Gasteiger partial charge in [0.05, 0.1) is 34.1 Å². The first-order chi connectivity index (χ1) is 27.7. The summed E-state index contributed by atoms with van der Waals surface area (Å²) in [5.74, 6) is 0.697. The van der Waals surface area contributed by atoms with Crippen LogP contribution in [0, 0.1) is 27.7 Å². The summed E-state index contributed by atoms with van der Waals surface area (Å²) in [6.45, 7) is 13.7. The van der Waals surface area contributed by atoms with Gasteiger partial charge < -0.3 is 14.1 Å². The topological polar surface area (TPSA) is 38.5 Å². The first-order valence-electron chi connectivity index (χ1n) is 20.5. The Morgan fingerprint density at radius 3 is 1.88 bits per heavy atom. The van der Waals surface area contributed by atoms with E-state index in [1.165, 1.54) is 111 Å². The zero-order chi connectivity index (χ0) is 38.7. The number of aromatic amines is 1. The fraction of sp³-hybridized carbons (Fsp3) is 0.189. The largest absolute Gasteiger partial charge is 0.366 e. The Kier molecular flexibility index (Phi) is 7.47. The summed E-state index contributed by atoms with van der Waals surface area (Å²) in [5.41, 5.74) is 24.7. The van der Waals surface area contributed by atoms with Crippen molar-refractivity contribution < 1.29 is 0 Å². The number of hydrogen-bond acceptors (Lipinski definition) is 1. The molecule has 0 aliphatic heterocycles. The van der Waals surface area contributed by atoms with Crippen LogP contribution in [-0.2, 0) is 6.42 Å². The highest BCUT2D eigenvalue weighted by Gasteiger charge is 2.32. The summed E-state index contributed by atoms with van der Waals surface area (Å²) < 4.78 is 4.95. The smallest absolute Gasteiger partial charge is 0.0642 e. The molecule has 2 aliphatic carbocycles. The fourth-order valence-corrected chi connectivity index (χ4v) is 10.4. The van der Waals surface area contributed by atoms with Crippen LogP contribution in [0.5, 0.6) is 0 Å². The van der Waals surface area contributed by atoms with Gasteiger partial charge in [0.25, 0.3) is 0 Å². The van der Waals surface area contributed by atoms with Crippen LogP contribution in [0.1, 0.15) is 82.3 Å². The molecule has 1 N–H and O–H groups in total. The van der Waals surface area contributed by atoms with Crippen LogP contribution in [0.3, 0.4) is 0 Å². The molecule has 4 nitrogen and oxygen atoms in total. The molecule has 2 atom stereocenters. The molecule has 4 heterocycles. The molecule has 0 saturated carbocycles. The Hall–Kier alpha value is -6.39. The van der Waals surface area contributed by atoms with E-state index in [4.69, 9.17) is 0 Å². The summed E-state index contributed by atoms with van der Waals surface area (Å²) in [4.78, 5) is 7.94. The minimum Gasteiger partial charge on any atom is -0.366 e. The van der Waals surface area contributed by atoms with Gasteiger partial charge in [0.1, 0.15) is 0 Å². The van der Waals surface area contributed by atoms with Crippen LogP contribution in [0.2, 0.25) is 0 Å². The van der Waals surface area contributed by atoms with Gasteiger partial charge in [0.15, 0.2) is 0 Å². The fourth-order valence-electron chi connectivity index (χ4n) is 10.4. The van der Waals surface area contributed by atoms with Gasteiger partial charge in [-0.25, -0.2) is 0 Å². The van der Waals surface area contributed by atoms with Crippen LogP contribution in [-0.4, -0.2) is 19.1 Å². The molecule has 0 amide bonds. The molecule has 0 saturated heterocycles. The van der Waals surface area contributed by atoms with Gasteiger partial charge in [-0.05, 0) is 158 Å². The van der Waals surface area contributed by atoms with E-state index < -0.39 is 0 Å². The van der Waals surface area contributed by atoms with Crippen LogP contribution in [0.4, 0.5) is 0 Å². The molecule has 0 fully saturated rings. The molecule has 57 heavy (non-hydrogen) atoms. The van der Waals surface area contributed by atoms with E-state index in [1.54, 1.807) is 0 Å². The van der Waals surface area contributed by atoms with Crippen molar-refractivity contribution in [1.29, 1.82) is 0 Å². The van der Waals surface area contributed by atoms with E-state index in [-0.39, 0.29) is 0 Å². The first-order valence-corrected chi connectivity index (χ1v) is 20.5. The maximum Gasteiger partial charge on any atom is 0.0642 e. The molecule has 4 aromatic heterocycles. The zero-order valence-corrected chi connectivity index (χ0v) is 33.5. The average Bonchev–Trinajstić information content (AvgIpc) is 3.93. The van der Waals surface area contributed by atoms with Gasteiger partial charge in [-0.1, -0.05) is 78.6 Å². The number of aromatic nitrogens is 4. The first kappa shape index (κ1) is 33.9. The minimum absolute atomic E-state index is 0.347. The summed E-state index contributed by atoms with van der Waals surface area (Å²) in [6.07, 6.45) is 12.5. The Balaban J connectivity index is 1.17. The molecule has 0 bridgehead atoms. The molecule has 0 radical (unpaired) electrons. The Bertz CT molecular complexity index is 3090. The second kappa shape index (κ2) is 12.6. The number of allylic oxidation sites excluding steroid dienone is 1. The van der Waals surface area contributed by atoms with Gasteiger partial charge >= 0.3 is 0 Å². The third-order valence-electron chi connectivity index (χ3n) is 13.1. The number of pyridine rings is 1. The number of nitrogens with zero attached hydrogens (tertiary/aromatic N) is 3. The van der Waals surface area contributed by atoms with Crippen molar-refractivity contribution in [2.45, 2.75) is 66.2 Å². The number of aryl methyl sites for hydroxylation is 4. The molecule has 2 aliphatic rings. The van der Waals surface area contributed by atoms with E-state index in [2.05, 4.69) is 170 Å². The summed E-state index contributed by atoms with van der Waals surface area (Å²) in [6, 6.07) is 37.4.